The van der Waals surface area contributed by atoms with Crippen LogP contribution in [0.25, 0.3) is 10.4 Å². The van der Waals surface area contributed by atoms with Crippen LogP contribution in [0.1, 0.15) is 93.4 Å². The fraction of sp³-hybridized carbons (Fsp3) is 0.634. The molecule has 2 atom stereocenters. The highest BCUT2D eigenvalue weighted by molar-refractivity contribution is 6.00. The number of carbonyl (C=O) groups excluding carboxylic acids is 9. The number of rotatable bonds is 37. The standard InChI is InChI=1S/C41H62N8O14/c1-28(50)5-7-35(30(3)52)47-38(55)9-12-44-40(57)32-25-33(41(58)45-13-10-39(56)48-36(31(4)53)8-6-29(2)51)27-34(26-32)63-18-14-43-37(54)11-16-59-19-21-61-23-24-62-22-20-60-17-15-46-49-42/h25-27,35-36H,5-24H2,1-4H3,(H,43,54)(H,44,57)(H,45,58)(H,47,55)(H,48,56). The van der Waals surface area contributed by atoms with Crippen LogP contribution in [0.2, 0.25) is 0 Å². The van der Waals surface area contributed by atoms with E-state index < -0.39 is 35.7 Å². The maximum Gasteiger partial charge on any atom is 0.251 e. The largest absolute Gasteiger partial charge is 0.492 e. The number of azide groups is 1. The van der Waals surface area contributed by atoms with Gasteiger partial charge in [0.15, 0.2) is 11.6 Å². The molecule has 22 nitrogen and oxygen atoms in total. The van der Waals surface area contributed by atoms with Gasteiger partial charge in [0, 0.05) is 67.8 Å². The van der Waals surface area contributed by atoms with Gasteiger partial charge in [0.25, 0.3) is 11.8 Å². The maximum absolute atomic E-state index is 13.2. The number of carbonyl (C=O) groups is 9. The molecule has 0 heterocycles. The number of Topliss-reactive ketones (excluding diaryl/α,β-unsaturated/α-hetero) is 4. The monoisotopic (exact) mass is 890 g/mol. The van der Waals surface area contributed by atoms with Gasteiger partial charge in [0.2, 0.25) is 17.7 Å². The smallest absolute Gasteiger partial charge is 0.251 e. The number of nitrogens with zero attached hydrogens (tertiary/aromatic N) is 3. The fourth-order valence-electron chi connectivity index (χ4n) is 5.23. The Morgan fingerprint density at radius 1 is 0.540 bits per heavy atom. The first kappa shape index (κ1) is 55.2. The summed E-state index contributed by atoms with van der Waals surface area (Å²) in [4.78, 5) is 113. The van der Waals surface area contributed by atoms with Gasteiger partial charge in [0.05, 0.1) is 71.5 Å². The molecule has 0 aromatic heterocycles. The number of amides is 5. The van der Waals surface area contributed by atoms with Crippen molar-refractivity contribution in [2.75, 3.05) is 85.6 Å². The molecule has 0 saturated heterocycles. The first-order valence-electron chi connectivity index (χ1n) is 20.6. The molecule has 0 bridgehead atoms. The zero-order valence-corrected chi connectivity index (χ0v) is 36.6. The van der Waals surface area contributed by atoms with E-state index in [2.05, 4.69) is 36.6 Å². The van der Waals surface area contributed by atoms with Crippen LogP contribution in [0.4, 0.5) is 0 Å². The SMILES string of the molecule is CC(=O)CCC(NC(=O)CCNC(=O)c1cc(OCCNC(=O)CCOCCOCCOCCOCCN=[N+]=[N-])cc(C(=O)NCCC(=O)NC(CCC(C)=O)C(C)=O)c1)C(C)=O. The van der Waals surface area contributed by atoms with Gasteiger partial charge in [-0.2, -0.15) is 0 Å². The van der Waals surface area contributed by atoms with Crippen LogP contribution in [-0.4, -0.2) is 150 Å². The van der Waals surface area contributed by atoms with Gasteiger partial charge in [-0.05, 0) is 64.3 Å². The zero-order valence-electron chi connectivity index (χ0n) is 36.6. The van der Waals surface area contributed by atoms with Gasteiger partial charge >= 0.3 is 0 Å². The average molecular weight is 891 g/mol. The molecule has 22 heteroatoms. The Hall–Kier alpha value is -5.80. The number of hydrogen-bond donors (Lipinski definition) is 5. The predicted molar refractivity (Wildman–Crippen MR) is 226 cm³/mol. The molecule has 0 aliphatic carbocycles. The Labute approximate surface area is 366 Å². The van der Waals surface area contributed by atoms with E-state index in [9.17, 15) is 43.2 Å². The Morgan fingerprint density at radius 2 is 0.984 bits per heavy atom. The molecule has 2 unspecified atom stereocenters. The van der Waals surface area contributed by atoms with Crippen LogP contribution in [0.15, 0.2) is 23.3 Å². The van der Waals surface area contributed by atoms with Crippen molar-refractivity contribution in [1.29, 1.82) is 0 Å². The molecule has 0 aliphatic rings. The van der Waals surface area contributed by atoms with Crippen molar-refractivity contribution >= 4 is 52.7 Å². The Bertz CT molecular complexity index is 1630. The fourth-order valence-corrected chi connectivity index (χ4v) is 5.23. The maximum atomic E-state index is 13.2. The number of ketones is 4. The van der Waals surface area contributed by atoms with Gasteiger partial charge in [-0.1, -0.05) is 5.11 Å². The summed E-state index contributed by atoms with van der Waals surface area (Å²) in [6.07, 6.45) is 0.237. The summed E-state index contributed by atoms with van der Waals surface area (Å²) in [6, 6.07) is 2.33. The van der Waals surface area contributed by atoms with Gasteiger partial charge in [-0.3, -0.25) is 33.6 Å². The highest BCUT2D eigenvalue weighted by Gasteiger charge is 2.20. The van der Waals surface area contributed by atoms with Crippen LogP contribution in [0.5, 0.6) is 5.75 Å². The third kappa shape index (κ3) is 28.4. The van der Waals surface area contributed by atoms with E-state index in [-0.39, 0.29) is 137 Å². The summed E-state index contributed by atoms with van der Waals surface area (Å²) in [5, 5.41) is 16.4. The third-order valence-corrected chi connectivity index (χ3v) is 8.61. The van der Waals surface area contributed by atoms with Gasteiger partial charge in [-0.25, -0.2) is 0 Å². The molecule has 0 spiro atoms. The van der Waals surface area contributed by atoms with Crippen LogP contribution < -0.4 is 31.3 Å². The molecule has 0 fully saturated rings. The molecule has 1 aromatic carbocycles. The lowest BCUT2D eigenvalue weighted by Gasteiger charge is -2.16. The highest BCUT2D eigenvalue weighted by Crippen LogP contribution is 2.18. The van der Waals surface area contributed by atoms with E-state index in [4.69, 9.17) is 29.2 Å². The summed E-state index contributed by atoms with van der Waals surface area (Å²) >= 11 is 0. The van der Waals surface area contributed by atoms with Gasteiger partial charge in [-0.15, -0.1) is 0 Å². The molecule has 0 radical (unpaired) electrons. The predicted octanol–water partition coefficient (Wildman–Crippen LogP) is 1.07. The first-order chi connectivity index (χ1) is 30.1. The molecule has 1 rings (SSSR count). The first-order valence-corrected chi connectivity index (χ1v) is 20.6. The van der Waals surface area contributed by atoms with Crippen molar-refractivity contribution in [1.82, 2.24) is 26.6 Å². The van der Waals surface area contributed by atoms with Crippen LogP contribution in [-0.2, 0) is 52.5 Å². The van der Waals surface area contributed by atoms with Gasteiger partial charge < -0.3 is 59.9 Å². The van der Waals surface area contributed by atoms with Crippen molar-refractivity contribution in [3.63, 3.8) is 0 Å². The topological polar surface area (TPSA) is 309 Å². The molecule has 350 valence electrons. The number of hydrogen-bond acceptors (Lipinski definition) is 15. The second kappa shape index (κ2) is 33.8. The number of nitrogens with one attached hydrogen (secondary N) is 5. The minimum Gasteiger partial charge on any atom is -0.492 e. The minimum atomic E-state index is -0.844. The van der Waals surface area contributed by atoms with Crippen molar-refractivity contribution in [3.8, 4) is 5.75 Å². The molecule has 5 N–H and O–H groups in total. The van der Waals surface area contributed by atoms with E-state index in [1.807, 2.05) is 0 Å². The normalized spacial score (nSPS) is 11.6. The Balaban J connectivity index is 2.70. The zero-order chi connectivity index (χ0) is 46.8. The molecule has 0 aliphatic heterocycles. The molecular formula is C41H62N8O14. The van der Waals surface area contributed by atoms with E-state index in [0.717, 1.165) is 0 Å². The van der Waals surface area contributed by atoms with Crippen molar-refractivity contribution in [2.24, 2.45) is 5.11 Å². The summed E-state index contributed by atoms with van der Waals surface area (Å²) in [6.45, 7) is 7.90. The van der Waals surface area contributed by atoms with Crippen LogP contribution in [0, 0.1) is 0 Å². The lowest BCUT2D eigenvalue weighted by Crippen LogP contribution is -2.41. The molecule has 1 aromatic rings. The summed E-state index contributed by atoms with van der Waals surface area (Å²) in [5.41, 5.74) is 8.19. The molecular weight excluding hydrogens is 828 g/mol. The molecule has 5 amide bonds. The van der Waals surface area contributed by atoms with Crippen molar-refractivity contribution in [3.05, 3.63) is 39.8 Å². The van der Waals surface area contributed by atoms with E-state index >= 15 is 0 Å². The number of benzene rings is 1. The van der Waals surface area contributed by atoms with Crippen LogP contribution >= 0.6 is 0 Å². The summed E-state index contributed by atoms with van der Waals surface area (Å²) in [5.74, 6) is -3.43. The Kier molecular flexibility index (Phi) is 29.6. The lowest BCUT2D eigenvalue weighted by atomic mass is 10.1. The quantitative estimate of drug-likeness (QED) is 0.0270. The average Bonchev–Trinajstić information content (AvgIpc) is 3.23. The molecule has 0 saturated carbocycles. The molecule has 63 heavy (non-hydrogen) atoms. The summed E-state index contributed by atoms with van der Waals surface area (Å²) in [7, 11) is 0. The van der Waals surface area contributed by atoms with Gasteiger partial charge in [0.1, 0.15) is 23.9 Å². The van der Waals surface area contributed by atoms with Crippen molar-refractivity contribution in [2.45, 2.75) is 84.7 Å². The number of ether oxygens (including phenoxy) is 5. The van der Waals surface area contributed by atoms with Crippen molar-refractivity contribution < 1.29 is 66.8 Å². The second-order valence-corrected chi connectivity index (χ2v) is 14.1. The van der Waals surface area contributed by atoms with E-state index in [1.165, 1.54) is 45.9 Å². The van der Waals surface area contributed by atoms with E-state index in [0.29, 0.717) is 39.6 Å². The highest BCUT2D eigenvalue weighted by atomic mass is 16.6. The third-order valence-electron chi connectivity index (χ3n) is 8.61. The Morgan fingerprint density at radius 3 is 1.41 bits per heavy atom. The minimum absolute atomic E-state index is 0.00341. The van der Waals surface area contributed by atoms with E-state index in [1.54, 1.807) is 0 Å². The summed E-state index contributed by atoms with van der Waals surface area (Å²) < 4.78 is 27.2. The van der Waals surface area contributed by atoms with Crippen LogP contribution in [0.3, 0.4) is 0 Å². The lowest BCUT2D eigenvalue weighted by molar-refractivity contribution is -0.127. The second-order valence-electron chi connectivity index (χ2n) is 14.1.